The first-order valence-corrected chi connectivity index (χ1v) is 8.04. The Morgan fingerprint density at radius 2 is 2.00 bits per heavy atom. The molecular weight excluding hydrogens is 417 g/mol. The summed E-state index contributed by atoms with van der Waals surface area (Å²) < 4.78 is 6.67. The molecule has 1 heterocycles. The van der Waals surface area contributed by atoms with Crippen molar-refractivity contribution in [1.29, 1.82) is 0 Å². The third-order valence-corrected chi connectivity index (χ3v) is 3.95. The van der Waals surface area contributed by atoms with E-state index in [-0.39, 0.29) is 0 Å². The number of ether oxygens (including phenoxy) is 1. The van der Waals surface area contributed by atoms with E-state index in [1.54, 1.807) is 12.3 Å². The molecule has 1 aromatic heterocycles. The van der Waals surface area contributed by atoms with Crippen LogP contribution in [0.2, 0.25) is 10.0 Å². The van der Waals surface area contributed by atoms with Crippen molar-refractivity contribution in [2.45, 2.75) is 11.9 Å². The predicted molar refractivity (Wildman–Crippen MR) is 85.4 cm³/mol. The van der Waals surface area contributed by atoms with Gasteiger partial charge in [0.2, 0.25) is 0 Å². The molecule has 0 amide bonds. The lowest BCUT2D eigenvalue weighted by molar-refractivity contribution is 0.299. The summed E-state index contributed by atoms with van der Waals surface area (Å²) in [6, 6.07) is 7.30. The predicted octanol–water partition coefficient (Wildman–Crippen LogP) is 5.62. The molecule has 2 rings (SSSR count). The molecule has 0 saturated carbocycles. The first-order chi connectivity index (χ1) is 9.10. The Morgan fingerprint density at radius 3 is 2.63 bits per heavy atom. The minimum absolute atomic E-state index is 0.356. The molecule has 0 bridgehead atoms. The second-order valence-corrected chi connectivity index (χ2v) is 6.09. The summed E-state index contributed by atoms with van der Waals surface area (Å²) in [4.78, 5) is 4.24. The standard InChI is InChI=1S/C13H9Br2Cl2NO/c14-5-8-3-10(16)4-12(17)13(8)19-7-11-2-1-9(15)6-18-11/h1-4,6H,5,7H2. The summed E-state index contributed by atoms with van der Waals surface area (Å²) in [6.07, 6.45) is 1.73. The fourth-order valence-electron chi connectivity index (χ4n) is 1.51. The van der Waals surface area contributed by atoms with Crippen LogP contribution in [0.3, 0.4) is 0 Å². The van der Waals surface area contributed by atoms with Crippen LogP contribution in [-0.4, -0.2) is 4.98 Å². The highest BCUT2D eigenvalue weighted by atomic mass is 79.9. The van der Waals surface area contributed by atoms with E-state index in [1.165, 1.54) is 0 Å². The Morgan fingerprint density at radius 1 is 1.21 bits per heavy atom. The molecule has 0 fully saturated rings. The second-order valence-electron chi connectivity index (χ2n) is 3.77. The zero-order valence-electron chi connectivity index (χ0n) is 9.67. The van der Waals surface area contributed by atoms with Gasteiger partial charge in [0.15, 0.2) is 0 Å². The average Bonchev–Trinajstić information content (AvgIpc) is 2.39. The van der Waals surface area contributed by atoms with Crippen molar-refractivity contribution < 1.29 is 4.74 Å². The topological polar surface area (TPSA) is 22.1 Å². The summed E-state index contributed by atoms with van der Waals surface area (Å²) in [5, 5.41) is 1.71. The molecule has 0 atom stereocenters. The van der Waals surface area contributed by atoms with Crippen molar-refractivity contribution in [3.63, 3.8) is 0 Å². The summed E-state index contributed by atoms with van der Waals surface area (Å²) >= 11 is 18.8. The van der Waals surface area contributed by atoms with Gasteiger partial charge >= 0.3 is 0 Å². The lowest BCUT2D eigenvalue weighted by atomic mass is 10.2. The van der Waals surface area contributed by atoms with Crippen molar-refractivity contribution in [1.82, 2.24) is 4.98 Å². The van der Waals surface area contributed by atoms with Crippen LogP contribution in [0.1, 0.15) is 11.3 Å². The first kappa shape index (κ1) is 15.1. The van der Waals surface area contributed by atoms with E-state index in [1.807, 2.05) is 18.2 Å². The van der Waals surface area contributed by atoms with Crippen LogP contribution in [0.4, 0.5) is 0 Å². The van der Waals surface area contributed by atoms with E-state index in [0.29, 0.717) is 27.7 Å². The van der Waals surface area contributed by atoms with Gasteiger partial charge in [0.25, 0.3) is 0 Å². The van der Waals surface area contributed by atoms with Crippen molar-refractivity contribution in [3.05, 3.63) is 56.2 Å². The van der Waals surface area contributed by atoms with Crippen molar-refractivity contribution >= 4 is 55.1 Å². The normalized spacial score (nSPS) is 10.5. The summed E-state index contributed by atoms with van der Waals surface area (Å²) in [7, 11) is 0. The number of hydrogen-bond acceptors (Lipinski definition) is 2. The highest BCUT2D eigenvalue weighted by molar-refractivity contribution is 9.10. The van der Waals surface area contributed by atoms with Crippen molar-refractivity contribution in [3.8, 4) is 5.75 Å². The molecule has 0 unspecified atom stereocenters. The van der Waals surface area contributed by atoms with Crippen molar-refractivity contribution in [2.75, 3.05) is 0 Å². The minimum atomic E-state index is 0.356. The molecule has 2 nitrogen and oxygen atoms in total. The molecule has 0 aliphatic heterocycles. The highest BCUT2D eigenvalue weighted by Crippen LogP contribution is 2.34. The molecule has 1 aromatic carbocycles. The Labute approximate surface area is 138 Å². The monoisotopic (exact) mass is 423 g/mol. The van der Waals surface area contributed by atoms with Gasteiger partial charge in [-0.1, -0.05) is 39.1 Å². The molecule has 0 aliphatic rings. The second kappa shape index (κ2) is 6.93. The van der Waals surface area contributed by atoms with Crippen LogP contribution < -0.4 is 4.74 Å². The number of pyridine rings is 1. The van der Waals surface area contributed by atoms with E-state index in [0.717, 1.165) is 15.7 Å². The lowest BCUT2D eigenvalue weighted by Crippen LogP contribution is -2.00. The SMILES string of the molecule is Clc1cc(Cl)c(OCc2ccc(Br)cn2)c(CBr)c1. The van der Waals surface area contributed by atoms with Gasteiger partial charge in [-0.25, -0.2) is 0 Å². The molecule has 0 saturated heterocycles. The Kier molecular flexibility index (Phi) is 5.51. The fraction of sp³-hybridized carbons (Fsp3) is 0.154. The summed E-state index contributed by atoms with van der Waals surface area (Å²) in [5.41, 5.74) is 1.74. The summed E-state index contributed by atoms with van der Waals surface area (Å²) in [6.45, 7) is 0.356. The quantitative estimate of drug-likeness (QED) is 0.592. The lowest BCUT2D eigenvalue weighted by Gasteiger charge is -2.12. The molecule has 0 aliphatic carbocycles. The van der Waals surface area contributed by atoms with E-state index < -0.39 is 0 Å². The maximum atomic E-state index is 6.15. The van der Waals surface area contributed by atoms with Crippen LogP contribution in [0.5, 0.6) is 5.75 Å². The van der Waals surface area contributed by atoms with Gasteiger partial charge in [-0.15, -0.1) is 0 Å². The first-order valence-electron chi connectivity index (χ1n) is 5.37. The van der Waals surface area contributed by atoms with E-state index in [4.69, 9.17) is 27.9 Å². The van der Waals surface area contributed by atoms with Gasteiger partial charge in [-0.3, -0.25) is 4.98 Å². The molecule has 0 N–H and O–H groups in total. The average molecular weight is 426 g/mol. The third kappa shape index (κ3) is 4.09. The van der Waals surface area contributed by atoms with E-state index in [9.17, 15) is 0 Å². The Balaban J connectivity index is 2.17. The minimum Gasteiger partial charge on any atom is -0.485 e. The van der Waals surface area contributed by atoms with Crippen LogP contribution in [0.25, 0.3) is 0 Å². The molecule has 19 heavy (non-hydrogen) atoms. The van der Waals surface area contributed by atoms with E-state index in [2.05, 4.69) is 36.8 Å². The number of halogens is 4. The van der Waals surface area contributed by atoms with E-state index >= 15 is 0 Å². The molecular formula is C13H9Br2Cl2NO. The zero-order valence-corrected chi connectivity index (χ0v) is 14.4. The number of nitrogens with zero attached hydrogens (tertiary/aromatic N) is 1. The highest BCUT2D eigenvalue weighted by Gasteiger charge is 2.10. The Bertz CT molecular complexity index is 576. The van der Waals surface area contributed by atoms with Gasteiger partial charge in [-0.2, -0.15) is 0 Å². The van der Waals surface area contributed by atoms with Crippen molar-refractivity contribution in [2.24, 2.45) is 0 Å². The fourth-order valence-corrected chi connectivity index (χ4v) is 2.75. The van der Waals surface area contributed by atoms with Gasteiger partial charge in [0, 0.05) is 26.6 Å². The van der Waals surface area contributed by atoms with Gasteiger partial charge < -0.3 is 4.74 Å². The number of rotatable bonds is 4. The maximum absolute atomic E-state index is 6.15. The third-order valence-electron chi connectivity index (χ3n) is 2.38. The largest absolute Gasteiger partial charge is 0.485 e. The zero-order chi connectivity index (χ0) is 13.8. The van der Waals surface area contributed by atoms with Crippen LogP contribution in [0, 0.1) is 0 Å². The van der Waals surface area contributed by atoms with Crippen LogP contribution in [0.15, 0.2) is 34.9 Å². The molecule has 100 valence electrons. The van der Waals surface area contributed by atoms with Gasteiger partial charge in [0.1, 0.15) is 12.4 Å². The number of alkyl halides is 1. The molecule has 0 spiro atoms. The molecule has 0 radical (unpaired) electrons. The maximum Gasteiger partial charge on any atom is 0.142 e. The Hall–Kier alpha value is -0.290. The van der Waals surface area contributed by atoms with Crippen LogP contribution >= 0.6 is 55.1 Å². The number of benzene rings is 1. The van der Waals surface area contributed by atoms with Gasteiger partial charge in [0.05, 0.1) is 10.7 Å². The van der Waals surface area contributed by atoms with Crippen LogP contribution in [-0.2, 0) is 11.9 Å². The smallest absolute Gasteiger partial charge is 0.142 e. The van der Waals surface area contributed by atoms with Gasteiger partial charge in [-0.05, 0) is 40.2 Å². The number of aromatic nitrogens is 1. The molecule has 6 heteroatoms. The summed E-state index contributed by atoms with van der Waals surface area (Å²) in [5.74, 6) is 0.632. The molecule has 2 aromatic rings. The number of hydrogen-bond donors (Lipinski definition) is 0.